The highest BCUT2D eigenvalue weighted by atomic mass is 16.5. The fourth-order valence-electron chi connectivity index (χ4n) is 1.93. The van der Waals surface area contributed by atoms with Gasteiger partial charge in [0.05, 0.1) is 12.2 Å². The maximum atomic E-state index is 11.6. The number of hydrogen-bond acceptors (Lipinski definition) is 5. The highest BCUT2D eigenvalue weighted by Crippen LogP contribution is 2.16. The molecule has 0 saturated carbocycles. The quantitative estimate of drug-likeness (QED) is 0.741. The van der Waals surface area contributed by atoms with E-state index in [1.807, 2.05) is 18.7 Å². The number of aliphatic carboxylic acids is 1. The van der Waals surface area contributed by atoms with E-state index in [0.717, 1.165) is 5.82 Å². The minimum absolute atomic E-state index is 0.129. The summed E-state index contributed by atoms with van der Waals surface area (Å²) < 4.78 is 4.91. The normalized spacial score (nSPS) is 10.5. The molecule has 0 unspecified atom stereocenters. The number of carbonyl (C=O) groups excluding carboxylic acids is 1. The summed E-state index contributed by atoms with van der Waals surface area (Å²) in [5.41, 5.74) is 0.412. The number of rotatable bonds is 8. The molecule has 0 bridgehead atoms. The van der Waals surface area contributed by atoms with Gasteiger partial charge in [-0.05, 0) is 39.3 Å². The van der Waals surface area contributed by atoms with Gasteiger partial charge < -0.3 is 14.7 Å². The van der Waals surface area contributed by atoms with Crippen molar-refractivity contribution in [2.45, 2.75) is 39.7 Å². The highest BCUT2D eigenvalue weighted by molar-refractivity contribution is 5.89. The van der Waals surface area contributed by atoms with Gasteiger partial charge in [-0.1, -0.05) is 0 Å². The molecule has 1 heterocycles. The summed E-state index contributed by atoms with van der Waals surface area (Å²) in [6.45, 7) is 6.72. The van der Waals surface area contributed by atoms with Crippen molar-refractivity contribution >= 4 is 17.8 Å². The van der Waals surface area contributed by atoms with Crippen molar-refractivity contribution in [2.24, 2.45) is 0 Å². The molecule has 21 heavy (non-hydrogen) atoms. The highest BCUT2D eigenvalue weighted by Gasteiger charge is 2.14. The van der Waals surface area contributed by atoms with Crippen molar-refractivity contribution in [3.05, 3.63) is 23.9 Å². The average Bonchev–Trinajstić information content (AvgIpc) is 2.43. The molecule has 6 nitrogen and oxygen atoms in total. The first-order valence-electron chi connectivity index (χ1n) is 7.07. The van der Waals surface area contributed by atoms with Crippen molar-refractivity contribution in [3.63, 3.8) is 0 Å². The van der Waals surface area contributed by atoms with E-state index in [1.54, 1.807) is 19.1 Å². The lowest BCUT2D eigenvalue weighted by Gasteiger charge is -2.27. The summed E-state index contributed by atoms with van der Waals surface area (Å²) in [6, 6.07) is 3.62. The fraction of sp³-hybridized carbons (Fsp3) is 0.533. The molecule has 6 heteroatoms. The van der Waals surface area contributed by atoms with Gasteiger partial charge in [0.2, 0.25) is 0 Å². The van der Waals surface area contributed by atoms with Crippen molar-refractivity contribution < 1.29 is 19.4 Å². The fourth-order valence-corrected chi connectivity index (χ4v) is 1.93. The van der Waals surface area contributed by atoms with E-state index >= 15 is 0 Å². The first kappa shape index (κ1) is 16.9. The van der Waals surface area contributed by atoms with Crippen molar-refractivity contribution in [1.82, 2.24) is 4.98 Å². The zero-order valence-electron chi connectivity index (χ0n) is 12.7. The SMILES string of the molecule is CCOC(=O)c1ccc(N(CCCC(=O)O)C(C)C)nc1. The number of ether oxygens (including phenoxy) is 1. The van der Waals surface area contributed by atoms with E-state index in [9.17, 15) is 9.59 Å². The van der Waals surface area contributed by atoms with Gasteiger partial charge in [-0.25, -0.2) is 9.78 Å². The summed E-state index contributed by atoms with van der Waals surface area (Å²) in [4.78, 5) is 28.4. The van der Waals surface area contributed by atoms with Crippen LogP contribution in [-0.4, -0.2) is 41.2 Å². The number of aromatic nitrogens is 1. The molecule has 0 amide bonds. The number of carbonyl (C=O) groups is 2. The van der Waals surface area contributed by atoms with E-state index < -0.39 is 11.9 Å². The minimum Gasteiger partial charge on any atom is -0.481 e. The molecule has 1 aromatic rings. The number of esters is 1. The van der Waals surface area contributed by atoms with E-state index in [2.05, 4.69) is 4.98 Å². The Morgan fingerprint density at radius 3 is 2.57 bits per heavy atom. The maximum Gasteiger partial charge on any atom is 0.339 e. The average molecular weight is 294 g/mol. The number of anilines is 1. The van der Waals surface area contributed by atoms with Gasteiger partial charge in [0.15, 0.2) is 0 Å². The third-order valence-electron chi connectivity index (χ3n) is 2.97. The lowest BCUT2D eigenvalue weighted by molar-refractivity contribution is -0.137. The lowest BCUT2D eigenvalue weighted by atomic mass is 10.2. The van der Waals surface area contributed by atoms with Crippen LogP contribution in [0, 0.1) is 0 Å². The molecule has 116 valence electrons. The molecule has 0 spiro atoms. The van der Waals surface area contributed by atoms with Crippen molar-refractivity contribution in [1.29, 1.82) is 0 Å². The Morgan fingerprint density at radius 2 is 2.10 bits per heavy atom. The van der Waals surface area contributed by atoms with Gasteiger partial charge >= 0.3 is 11.9 Å². The van der Waals surface area contributed by atoms with Crippen LogP contribution in [-0.2, 0) is 9.53 Å². The van der Waals surface area contributed by atoms with Gasteiger partial charge in [-0.3, -0.25) is 4.79 Å². The van der Waals surface area contributed by atoms with Crippen LogP contribution in [0.5, 0.6) is 0 Å². The molecular weight excluding hydrogens is 272 g/mol. The summed E-state index contributed by atoms with van der Waals surface area (Å²) in [7, 11) is 0. The summed E-state index contributed by atoms with van der Waals surface area (Å²) in [6.07, 6.45) is 2.17. The molecule has 1 rings (SSSR count). The molecule has 0 fully saturated rings. The van der Waals surface area contributed by atoms with Gasteiger partial charge in [0.1, 0.15) is 5.82 Å². The summed E-state index contributed by atoms with van der Waals surface area (Å²) >= 11 is 0. The van der Waals surface area contributed by atoms with Crippen LogP contribution in [0.25, 0.3) is 0 Å². The molecule has 0 aliphatic rings. The molecule has 0 radical (unpaired) electrons. The minimum atomic E-state index is -0.802. The topological polar surface area (TPSA) is 79.7 Å². The van der Waals surface area contributed by atoms with Crippen LogP contribution in [0.1, 0.15) is 44.0 Å². The van der Waals surface area contributed by atoms with Crippen LogP contribution >= 0.6 is 0 Å². The Labute approximate surface area is 124 Å². The smallest absolute Gasteiger partial charge is 0.339 e. The Morgan fingerprint density at radius 1 is 1.38 bits per heavy atom. The van der Waals surface area contributed by atoms with E-state index in [4.69, 9.17) is 9.84 Å². The summed E-state index contributed by atoms with van der Waals surface area (Å²) in [5.74, 6) is -0.466. The third-order valence-corrected chi connectivity index (χ3v) is 2.97. The Kier molecular flexibility index (Phi) is 6.65. The largest absolute Gasteiger partial charge is 0.481 e. The molecule has 0 atom stereocenters. The molecule has 0 saturated heterocycles. The van der Waals surface area contributed by atoms with Gasteiger partial charge in [-0.15, -0.1) is 0 Å². The first-order valence-corrected chi connectivity index (χ1v) is 7.07. The molecular formula is C15H22N2O4. The second-order valence-corrected chi connectivity index (χ2v) is 4.91. The predicted molar refractivity (Wildman–Crippen MR) is 79.5 cm³/mol. The predicted octanol–water partition coefficient (Wildman–Crippen LogP) is 2.34. The lowest BCUT2D eigenvalue weighted by Crippen LogP contribution is -2.32. The first-order chi connectivity index (χ1) is 9.95. The number of pyridine rings is 1. The van der Waals surface area contributed by atoms with Crippen molar-refractivity contribution in [2.75, 3.05) is 18.1 Å². The second-order valence-electron chi connectivity index (χ2n) is 4.91. The zero-order chi connectivity index (χ0) is 15.8. The second kappa shape index (κ2) is 8.24. The monoisotopic (exact) mass is 294 g/mol. The van der Waals surface area contributed by atoms with E-state index in [-0.39, 0.29) is 12.5 Å². The van der Waals surface area contributed by atoms with Gasteiger partial charge in [-0.2, -0.15) is 0 Å². The van der Waals surface area contributed by atoms with Crippen LogP contribution in [0.2, 0.25) is 0 Å². The van der Waals surface area contributed by atoms with Gasteiger partial charge in [0.25, 0.3) is 0 Å². The van der Waals surface area contributed by atoms with E-state index in [0.29, 0.717) is 25.1 Å². The van der Waals surface area contributed by atoms with Gasteiger partial charge in [0, 0.05) is 25.2 Å². The Bertz CT molecular complexity index is 471. The van der Waals surface area contributed by atoms with Crippen LogP contribution in [0.3, 0.4) is 0 Å². The standard InChI is InChI=1S/C15H22N2O4/c1-4-21-15(20)12-7-8-13(16-10-12)17(11(2)3)9-5-6-14(18)19/h7-8,10-11H,4-6,9H2,1-3H3,(H,18,19). The summed E-state index contributed by atoms with van der Waals surface area (Å²) in [5, 5.41) is 8.70. The van der Waals surface area contributed by atoms with Crippen LogP contribution in [0.4, 0.5) is 5.82 Å². The molecule has 0 aliphatic heterocycles. The van der Waals surface area contributed by atoms with Crippen LogP contribution in [0.15, 0.2) is 18.3 Å². The number of carboxylic acids is 1. The maximum absolute atomic E-state index is 11.6. The Hall–Kier alpha value is -2.11. The molecule has 1 aromatic heterocycles. The molecule has 0 aliphatic carbocycles. The van der Waals surface area contributed by atoms with Crippen molar-refractivity contribution in [3.8, 4) is 0 Å². The molecule has 0 aromatic carbocycles. The number of carboxylic acid groups (broad SMARTS) is 1. The third kappa shape index (κ3) is 5.41. The number of hydrogen-bond donors (Lipinski definition) is 1. The number of nitrogens with zero attached hydrogens (tertiary/aromatic N) is 2. The van der Waals surface area contributed by atoms with E-state index in [1.165, 1.54) is 6.20 Å². The molecule has 1 N–H and O–H groups in total. The zero-order valence-corrected chi connectivity index (χ0v) is 12.7. The van der Waals surface area contributed by atoms with Crippen LogP contribution < -0.4 is 4.90 Å². The Balaban J connectivity index is 2.75.